The van der Waals surface area contributed by atoms with Gasteiger partial charge in [0, 0.05) is 23.9 Å². The largest absolute Gasteiger partial charge is 0.354 e. The highest BCUT2D eigenvalue weighted by molar-refractivity contribution is 7.99. The fourth-order valence-electron chi connectivity index (χ4n) is 3.04. The summed E-state index contributed by atoms with van der Waals surface area (Å²) >= 11 is 7.57. The van der Waals surface area contributed by atoms with Gasteiger partial charge in [-0.05, 0) is 35.6 Å². The number of halogens is 1. The van der Waals surface area contributed by atoms with Crippen LogP contribution in [-0.4, -0.2) is 35.1 Å². The van der Waals surface area contributed by atoms with E-state index in [1.807, 2.05) is 49.4 Å². The summed E-state index contributed by atoms with van der Waals surface area (Å²) in [7, 11) is 0. The Hall–Kier alpha value is -1.98. The minimum atomic E-state index is -0.496. The van der Waals surface area contributed by atoms with Crippen LogP contribution in [0.25, 0.3) is 0 Å². The highest BCUT2D eigenvalue weighted by atomic mass is 35.5. The molecule has 1 unspecified atom stereocenters. The molecule has 30 heavy (non-hydrogen) atoms. The zero-order valence-corrected chi connectivity index (χ0v) is 19.5. The summed E-state index contributed by atoms with van der Waals surface area (Å²) in [4.78, 5) is 27.7. The second-order valence-corrected chi connectivity index (χ2v) is 9.11. The molecule has 0 aliphatic carbocycles. The SMILES string of the molecule is CCC(C(=O)NCC(C)C)N(Cc1ccc(Cl)cc1)C(=O)CSCc1ccccc1. The van der Waals surface area contributed by atoms with Crippen molar-refractivity contribution in [1.82, 2.24) is 10.2 Å². The van der Waals surface area contributed by atoms with Crippen LogP contribution in [0.1, 0.15) is 38.3 Å². The molecule has 6 heteroatoms. The molecule has 0 aromatic heterocycles. The van der Waals surface area contributed by atoms with E-state index in [9.17, 15) is 9.59 Å². The molecule has 2 amide bonds. The zero-order valence-electron chi connectivity index (χ0n) is 17.9. The lowest BCUT2D eigenvalue weighted by molar-refractivity contribution is -0.139. The second-order valence-electron chi connectivity index (χ2n) is 7.69. The maximum absolute atomic E-state index is 13.1. The van der Waals surface area contributed by atoms with E-state index in [4.69, 9.17) is 11.6 Å². The lowest BCUT2D eigenvalue weighted by Gasteiger charge is -2.31. The lowest BCUT2D eigenvalue weighted by Crippen LogP contribution is -2.50. The van der Waals surface area contributed by atoms with Crippen molar-refractivity contribution < 1.29 is 9.59 Å². The first-order valence-electron chi connectivity index (χ1n) is 10.3. The molecule has 1 N–H and O–H groups in total. The van der Waals surface area contributed by atoms with Gasteiger partial charge in [0.15, 0.2) is 0 Å². The van der Waals surface area contributed by atoms with Crippen molar-refractivity contribution >= 4 is 35.2 Å². The fourth-order valence-corrected chi connectivity index (χ4v) is 4.04. The number of nitrogens with zero attached hydrogens (tertiary/aromatic N) is 1. The van der Waals surface area contributed by atoms with Gasteiger partial charge < -0.3 is 10.2 Å². The van der Waals surface area contributed by atoms with E-state index < -0.39 is 6.04 Å². The Morgan fingerprint density at radius 2 is 1.70 bits per heavy atom. The van der Waals surface area contributed by atoms with Crippen LogP contribution < -0.4 is 5.32 Å². The van der Waals surface area contributed by atoms with Gasteiger partial charge in [-0.25, -0.2) is 0 Å². The summed E-state index contributed by atoms with van der Waals surface area (Å²) in [6.45, 7) is 7.03. The third-order valence-corrected chi connectivity index (χ3v) is 5.91. The normalized spacial score (nSPS) is 11.9. The van der Waals surface area contributed by atoms with Crippen LogP contribution in [0.4, 0.5) is 0 Å². The molecule has 0 aliphatic rings. The Morgan fingerprint density at radius 1 is 1.03 bits per heavy atom. The summed E-state index contributed by atoms with van der Waals surface area (Å²) in [6.07, 6.45) is 0.562. The molecule has 2 rings (SSSR count). The number of hydrogen-bond donors (Lipinski definition) is 1. The van der Waals surface area contributed by atoms with Crippen LogP contribution in [0.15, 0.2) is 54.6 Å². The highest BCUT2D eigenvalue weighted by Gasteiger charge is 2.28. The molecule has 2 aromatic carbocycles. The van der Waals surface area contributed by atoms with Crippen LogP contribution in [0.5, 0.6) is 0 Å². The van der Waals surface area contributed by atoms with E-state index in [0.29, 0.717) is 36.2 Å². The van der Waals surface area contributed by atoms with Crippen LogP contribution in [-0.2, 0) is 21.9 Å². The van der Waals surface area contributed by atoms with Crippen molar-refractivity contribution in [3.63, 3.8) is 0 Å². The van der Waals surface area contributed by atoms with Gasteiger partial charge >= 0.3 is 0 Å². The van der Waals surface area contributed by atoms with Crippen molar-refractivity contribution in [2.24, 2.45) is 5.92 Å². The number of hydrogen-bond acceptors (Lipinski definition) is 3. The number of thioether (sulfide) groups is 1. The number of carbonyl (C=O) groups is 2. The maximum atomic E-state index is 13.1. The molecule has 4 nitrogen and oxygen atoms in total. The summed E-state index contributed by atoms with van der Waals surface area (Å²) in [5, 5.41) is 3.63. The molecule has 0 spiro atoms. The number of nitrogens with one attached hydrogen (secondary N) is 1. The molecule has 162 valence electrons. The number of benzene rings is 2. The Balaban J connectivity index is 2.10. The lowest BCUT2D eigenvalue weighted by atomic mass is 10.1. The quantitative estimate of drug-likeness (QED) is 0.519. The van der Waals surface area contributed by atoms with Gasteiger partial charge in [0.1, 0.15) is 6.04 Å². The fraction of sp³-hybridized carbons (Fsp3) is 0.417. The van der Waals surface area contributed by atoms with Crippen molar-refractivity contribution in [2.45, 2.75) is 45.5 Å². The van der Waals surface area contributed by atoms with Crippen LogP contribution in [0.2, 0.25) is 5.02 Å². The Kier molecular flexibility index (Phi) is 10.2. The van der Waals surface area contributed by atoms with Crippen molar-refractivity contribution in [3.8, 4) is 0 Å². The molecule has 0 fully saturated rings. The third-order valence-electron chi connectivity index (χ3n) is 4.67. The molecule has 0 saturated heterocycles. The van der Waals surface area contributed by atoms with Gasteiger partial charge in [0.2, 0.25) is 11.8 Å². The average Bonchev–Trinajstić information content (AvgIpc) is 2.74. The van der Waals surface area contributed by atoms with Gasteiger partial charge in [-0.3, -0.25) is 9.59 Å². The van der Waals surface area contributed by atoms with Crippen molar-refractivity contribution in [2.75, 3.05) is 12.3 Å². The minimum absolute atomic E-state index is 0.0302. The van der Waals surface area contributed by atoms with Crippen LogP contribution >= 0.6 is 23.4 Å². The topological polar surface area (TPSA) is 49.4 Å². The van der Waals surface area contributed by atoms with E-state index in [2.05, 4.69) is 31.3 Å². The summed E-state index contributed by atoms with van der Waals surface area (Å²) < 4.78 is 0. The summed E-state index contributed by atoms with van der Waals surface area (Å²) in [5.41, 5.74) is 2.14. The Bertz CT molecular complexity index is 797. The molecule has 1 atom stereocenters. The predicted molar refractivity (Wildman–Crippen MR) is 127 cm³/mol. The average molecular weight is 447 g/mol. The molecule has 0 bridgehead atoms. The maximum Gasteiger partial charge on any atom is 0.242 e. The monoisotopic (exact) mass is 446 g/mol. The third kappa shape index (κ3) is 8.04. The minimum Gasteiger partial charge on any atom is -0.354 e. The van der Waals surface area contributed by atoms with Crippen molar-refractivity contribution in [1.29, 1.82) is 0 Å². The molecular weight excluding hydrogens is 416 g/mol. The highest BCUT2D eigenvalue weighted by Crippen LogP contribution is 2.18. The smallest absolute Gasteiger partial charge is 0.242 e. The van der Waals surface area contributed by atoms with Gasteiger partial charge in [-0.2, -0.15) is 0 Å². The van der Waals surface area contributed by atoms with E-state index >= 15 is 0 Å². The molecule has 0 heterocycles. The van der Waals surface area contributed by atoms with Crippen molar-refractivity contribution in [3.05, 3.63) is 70.7 Å². The first-order chi connectivity index (χ1) is 14.4. The first-order valence-corrected chi connectivity index (χ1v) is 11.9. The molecule has 2 aromatic rings. The van der Waals surface area contributed by atoms with E-state index in [1.165, 1.54) is 5.56 Å². The van der Waals surface area contributed by atoms with Gasteiger partial charge in [0.05, 0.1) is 5.75 Å². The number of rotatable bonds is 11. The first kappa shape index (κ1) is 24.3. The van der Waals surface area contributed by atoms with Gasteiger partial charge in [-0.1, -0.05) is 74.8 Å². The summed E-state index contributed by atoms with van der Waals surface area (Å²) in [6, 6.07) is 17.0. The van der Waals surface area contributed by atoms with Gasteiger partial charge in [-0.15, -0.1) is 11.8 Å². The standard InChI is InChI=1S/C24H31ClN2O2S/c1-4-22(24(29)26-14-18(2)3)27(15-19-10-12-21(25)13-11-19)23(28)17-30-16-20-8-6-5-7-9-20/h5-13,18,22H,4,14-17H2,1-3H3,(H,26,29). The second kappa shape index (κ2) is 12.7. The molecule has 0 aliphatic heterocycles. The Morgan fingerprint density at radius 3 is 2.30 bits per heavy atom. The number of amides is 2. The van der Waals surface area contributed by atoms with E-state index in [1.54, 1.807) is 16.7 Å². The molecule has 0 radical (unpaired) electrons. The van der Waals surface area contributed by atoms with E-state index in [0.717, 1.165) is 11.3 Å². The van der Waals surface area contributed by atoms with Crippen LogP contribution in [0.3, 0.4) is 0 Å². The molecule has 0 saturated carbocycles. The van der Waals surface area contributed by atoms with Gasteiger partial charge in [0.25, 0.3) is 0 Å². The predicted octanol–water partition coefficient (Wildman–Crippen LogP) is 5.15. The summed E-state index contributed by atoms with van der Waals surface area (Å²) in [5.74, 6) is 1.32. The zero-order chi connectivity index (χ0) is 21.9. The Labute approximate surface area is 189 Å². The number of carbonyl (C=O) groups excluding carboxylic acids is 2. The van der Waals surface area contributed by atoms with E-state index in [-0.39, 0.29) is 11.8 Å². The van der Waals surface area contributed by atoms with Crippen LogP contribution in [0, 0.1) is 5.92 Å². The molecular formula is C24H31ClN2O2S.